The van der Waals surface area contributed by atoms with Gasteiger partial charge in [0, 0.05) is 5.02 Å². The quantitative estimate of drug-likeness (QED) is 0.750. The fraction of sp³-hybridized carbons (Fsp3) is 0.250. The molecule has 1 aromatic carbocycles. The summed E-state index contributed by atoms with van der Waals surface area (Å²) in [5.41, 5.74) is 0.330. The van der Waals surface area contributed by atoms with Crippen LogP contribution in [-0.4, -0.2) is 36.9 Å². The molecule has 0 aliphatic carbocycles. The monoisotopic (exact) mass is 364 g/mol. The van der Waals surface area contributed by atoms with Gasteiger partial charge in [0.05, 0.1) is 17.2 Å². The molecule has 118 valence electrons. The highest BCUT2D eigenvalue weighted by molar-refractivity contribution is 7.91. The highest BCUT2D eigenvalue weighted by Crippen LogP contribution is 2.30. The molecule has 0 amide bonds. The maximum Gasteiger partial charge on any atom is 0.336 e. The van der Waals surface area contributed by atoms with Crippen molar-refractivity contribution in [3.8, 4) is 11.5 Å². The van der Waals surface area contributed by atoms with Gasteiger partial charge in [-0.25, -0.2) is 8.42 Å². The molecule has 0 fully saturated rings. The molecule has 0 saturated heterocycles. The number of rotatable bonds is 5. The largest absolute Gasteiger partial charge is 0.465 e. The van der Waals surface area contributed by atoms with Gasteiger partial charge in [-0.1, -0.05) is 28.3 Å². The minimum Gasteiger partial charge on any atom is -0.465 e. The van der Waals surface area contributed by atoms with Gasteiger partial charge in [-0.2, -0.15) is 0 Å². The van der Waals surface area contributed by atoms with Crippen molar-refractivity contribution in [2.24, 2.45) is 0 Å². The Labute approximate surface area is 136 Å². The number of halogens is 2. The Bertz CT molecular complexity index is 804. The van der Waals surface area contributed by atoms with E-state index in [-0.39, 0.29) is 17.5 Å². The molecule has 0 bridgehead atoms. The summed E-state index contributed by atoms with van der Waals surface area (Å²) in [6, 6.07) is 4.51. The molecule has 2 rings (SSSR count). The van der Waals surface area contributed by atoms with Crippen molar-refractivity contribution in [3.05, 3.63) is 28.2 Å². The summed E-state index contributed by atoms with van der Waals surface area (Å²) in [5, 5.41) is 7.01. The van der Waals surface area contributed by atoms with Crippen molar-refractivity contribution in [1.82, 2.24) is 10.2 Å². The van der Waals surface area contributed by atoms with Gasteiger partial charge in [0.25, 0.3) is 0 Å². The molecule has 1 aromatic heterocycles. The van der Waals surface area contributed by atoms with Gasteiger partial charge < -0.3 is 9.15 Å². The number of benzene rings is 1. The first kappa shape index (κ1) is 16.7. The third kappa shape index (κ3) is 3.76. The minimum atomic E-state index is -4.07. The van der Waals surface area contributed by atoms with E-state index >= 15 is 0 Å². The first-order chi connectivity index (χ1) is 10.3. The van der Waals surface area contributed by atoms with Gasteiger partial charge in [-0.15, -0.1) is 5.10 Å². The lowest BCUT2D eigenvalue weighted by molar-refractivity contribution is -0.139. The van der Waals surface area contributed by atoms with E-state index in [2.05, 4.69) is 14.9 Å². The maximum absolute atomic E-state index is 11.9. The van der Waals surface area contributed by atoms with E-state index in [1.807, 2.05) is 0 Å². The predicted octanol–water partition coefficient (Wildman–Crippen LogP) is 2.38. The van der Waals surface area contributed by atoms with E-state index in [0.717, 1.165) is 0 Å². The highest BCUT2D eigenvalue weighted by atomic mass is 35.5. The molecule has 7 nitrogen and oxygen atoms in total. The lowest BCUT2D eigenvalue weighted by Crippen LogP contribution is -2.19. The first-order valence-electron chi connectivity index (χ1n) is 6.01. The summed E-state index contributed by atoms with van der Waals surface area (Å²) < 4.78 is 33.6. The summed E-state index contributed by atoms with van der Waals surface area (Å²) in [5.74, 6) is -1.87. The Hall–Kier alpha value is -1.64. The van der Waals surface area contributed by atoms with Crippen molar-refractivity contribution in [2.45, 2.75) is 12.1 Å². The standard InChI is InChI=1S/C12H10Cl2N2O5S/c1-2-20-10(17)6-22(18,19)12-16-15-11(21-12)8-4-3-7(13)5-9(8)14/h3-5H,2,6H2,1H3. The summed E-state index contributed by atoms with van der Waals surface area (Å²) in [6.07, 6.45) is 0. The number of esters is 1. The molecule has 0 spiro atoms. The van der Waals surface area contributed by atoms with E-state index in [1.165, 1.54) is 12.1 Å². The highest BCUT2D eigenvalue weighted by Gasteiger charge is 2.27. The van der Waals surface area contributed by atoms with Gasteiger partial charge in [-0.05, 0) is 25.1 Å². The zero-order valence-corrected chi connectivity index (χ0v) is 13.6. The number of carbonyl (C=O) groups is 1. The SMILES string of the molecule is CCOC(=O)CS(=O)(=O)c1nnc(-c2ccc(Cl)cc2Cl)o1. The summed E-state index contributed by atoms with van der Waals surface area (Å²) in [7, 11) is -4.07. The number of sulfone groups is 1. The van der Waals surface area contributed by atoms with Crippen molar-refractivity contribution in [1.29, 1.82) is 0 Å². The van der Waals surface area contributed by atoms with E-state index < -0.39 is 26.8 Å². The molecule has 0 radical (unpaired) electrons. The van der Waals surface area contributed by atoms with Crippen LogP contribution in [-0.2, 0) is 19.4 Å². The molecule has 22 heavy (non-hydrogen) atoms. The molecular formula is C12H10Cl2N2O5S. The fourth-order valence-electron chi connectivity index (χ4n) is 1.53. The normalized spacial score (nSPS) is 11.4. The average Bonchev–Trinajstić information content (AvgIpc) is 2.88. The summed E-state index contributed by atoms with van der Waals surface area (Å²) in [4.78, 5) is 11.3. The molecule has 2 aromatic rings. The molecule has 0 saturated carbocycles. The van der Waals surface area contributed by atoms with E-state index in [0.29, 0.717) is 10.6 Å². The van der Waals surface area contributed by atoms with Crippen LogP contribution in [0, 0.1) is 0 Å². The van der Waals surface area contributed by atoms with E-state index in [4.69, 9.17) is 27.6 Å². The third-order valence-electron chi connectivity index (χ3n) is 2.45. The second-order valence-electron chi connectivity index (χ2n) is 4.06. The third-order valence-corrected chi connectivity index (χ3v) is 4.31. The van der Waals surface area contributed by atoms with Crippen LogP contribution in [0.5, 0.6) is 0 Å². The van der Waals surface area contributed by atoms with Crippen LogP contribution < -0.4 is 0 Å². The van der Waals surface area contributed by atoms with Crippen LogP contribution in [0.25, 0.3) is 11.5 Å². The molecule has 0 aliphatic heterocycles. The summed E-state index contributed by atoms with van der Waals surface area (Å²) >= 11 is 11.7. The number of ether oxygens (including phenoxy) is 1. The number of carbonyl (C=O) groups excluding carboxylic acids is 1. The lowest BCUT2D eigenvalue weighted by Gasteiger charge is -2.00. The van der Waals surface area contributed by atoms with Crippen LogP contribution in [0.15, 0.2) is 27.8 Å². The van der Waals surface area contributed by atoms with Crippen LogP contribution in [0.2, 0.25) is 10.0 Å². The zero-order chi connectivity index (χ0) is 16.3. The topological polar surface area (TPSA) is 99.4 Å². The minimum absolute atomic E-state index is 0.0732. The first-order valence-corrected chi connectivity index (χ1v) is 8.41. The molecule has 0 atom stereocenters. The molecule has 1 heterocycles. The number of aromatic nitrogens is 2. The fourth-order valence-corrected chi connectivity index (χ4v) is 2.90. The van der Waals surface area contributed by atoms with Gasteiger partial charge in [0.1, 0.15) is 0 Å². The Kier molecular flexibility index (Phi) is 5.05. The van der Waals surface area contributed by atoms with Gasteiger partial charge in [-0.3, -0.25) is 4.79 Å². The van der Waals surface area contributed by atoms with Crippen LogP contribution in [0.4, 0.5) is 0 Å². The number of hydrogen-bond donors (Lipinski definition) is 0. The maximum atomic E-state index is 11.9. The van der Waals surface area contributed by atoms with Crippen LogP contribution >= 0.6 is 23.2 Å². The molecular weight excluding hydrogens is 355 g/mol. The van der Waals surface area contributed by atoms with Crippen molar-refractivity contribution >= 4 is 39.0 Å². The predicted molar refractivity (Wildman–Crippen MR) is 78.4 cm³/mol. The van der Waals surface area contributed by atoms with Crippen LogP contribution in [0.3, 0.4) is 0 Å². The zero-order valence-electron chi connectivity index (χ0n) is 11.2. The van der Waals surface area contributed by atoms with Crippen LogP contribution in [0.1, 0.15) is 6.92 Å². The Balaban J connectivity index is 2.29. The van der Waals surface area contributed by atoms with E-state index in [1.54, 1.807) is 13.0 Å². The van der Waals surface area contributed by atoms with E-state index in [9.17, 15) is 13.2 Å². The number of nitrogens with zero attached hydrogens (tertiary/aromatic N) is 2. The van der Waals surface area contributed by atoms with Gasteiger partial charge in [0.15, 0.2) is 5.75 Å². The Morgan fingerprint density at radius 2 is 2.05 bits per heavy atom. The second kappa shape index (κ2) is 6.64. The Morgan fingerprint density at radius 3 is 2.68 bits per heavy atom. The van der Waals surface area contributed by atoms with Gasteiger partial charge in [0.2, 0.25) is 15.7 Å². The molecule has 10 heteroatoms. The summed E-state index contributed by atoms with van der Waals surface area (Å²) in [6.45, 7) is 1.64. The molecule has 0 unspecified atom stereocenters. The molecule has 0 N–H and O–H groups in total. The lowest BCUT2D eigenvalue weighted by atomic mass is 10.2. The van der Waals surface area contributed by atoms with Gasteiger partial charge >= 0.3 is 11.2 Å². The number of hydrogen-bond acceptors (Lipinski definition) is 7. The van der Waals surface area contributed by atoms with Crippen molar-refractivity contribution < 1.29 is 22.4 Å². The van der Waals surface area contributed by atoms with Crippen molar-refractivity contribution in [3.63, 3.8) is 0 Å². The second-order valence-corrected chi connectivity index (χ2v) is 6.77. The smallest absolute Gasteiger partial charge is 0.336 e. The average molecular weight is 365 g/mol. The van der Waals surface area contributed by atoms with Crippen molar-refractivity contribution in [2.75, 3.05) is 12.4 Å². The Morgan fingerprint density at radius 1 is 1.32 bits per heavy atom. The molecule has 0 aliphatic rings.